The minimum Gasteiger partial charge on any atom is -0.353 e. The molecule has 1 aromatic carbocycles. The number of carbonyl (C=O) groups is 1. The van der Waals surface area contributed by atoms with Crippen molar-refractivity contribution >= 4 is 23.3 Å². The largest absolute Gasteiger partial charge is 0.360 e. The van der Waals surface area contributed by atoms with Gasteiger partial charge in [0.15, 0.2) is 0 Å². The molecule has 1 amide bonds. The number of hydrogen-bond acceptors (Lipinski definition) is 6. The van der Waals surface area contributed by atoms with E-state index in [0.29, 0.717) is 40.6 Å². The van der Waals surface area contributed by atoms with Crippen molar-refractivity contribution in [3.63, 3.8) is 0 Å². The number of pyridine rings is 1. The lowest BCUT2D eigenvalue weighted by atomic mass is 10.0. The van der Waals surface area contributed by atoms with Crippen LogP contribution in [-0.4, -0.2) is 67.7 Å². The summed E-state index contributed by atoms with van der Waals surface area (Å²) in [7, 11) is 3.29. The van der Waals surface area contributed by atoms with Crippen LogP contribution in [0, 0.1) is 11.3 Å². The van der Waals surface area contributed by atoms with Crippen LogP contribution in [0.1, 0.15) is 15.9 Å². The third-order valence-corrected chi connectivity index (χ3v) is 5.01. The molecule has 0 radical (unpaired) electrons. The molecule has 7 nitrogen and oxygen atoms in total. The first-order valence-corrected chi connectivity index (χ1v) is 9.54. The maximum atomic E-state index is 12.3. The fourth-order valence-corrected chi connectivity index (χ4v) is 3.44. The van der Waals surface area contributed by atoms with E-state index >= 15 is 0 Å². The SMILES string of the molecule is CN(C)C(=O)c1ccc(-c2cnc(N3CCN(OC(F)F)CC3)c(C#N)c2)cc1Cl. The lowest BCUT2D eigenvalue weighted by molar-refractivity contribution is -0.283. The Bertz CT molecular complexity index is 972. The number of halogens is 3. The second-order valence-corrected chi connectivity index (χ2v) is 7.29. The molecule has 1 saturated heterocycles. The Balaban J connectivity index is 1.81. The predicted octanol–water partition coefficient (Wildman–Crippen LogP) is 3.25. The minimum atomic E-state index is -2.85. The maximum absolute atomic E-state index is 12.3. The van der Waals surface area contributed by atoms with Crippen LogP contribution >= 0.6 is 11.6 Å². The molecule has 0 atom stereocenters. The van der Waals surface area contributed by atoms with Gasteiger partial charge in [-0.2, -0.15) is 19.1 Å². The van der Waals surface area contributed by atoms with Crippen molar-refractivity contribution < 1.29 is 18.4 Å². The molecule has 3 rings (SSSR count). The second kappa shape index (κ2) is 9.34. The van der Waals surface area contributed by atoms with Gasteiger partial charge in [-0.1, -0.05) is 17.7 Å². The third-order valence-electron chi connectivity index (χ3n) is 4.69. The van der Waals surface area contributed by atoms with E-state index in [1.807, 2.05) is 4.90 Å². The van der Waals surface area contributed by atoms with Crippen molar-refractivity contribution in [2.24, 2.45) is 0 Å². The third kappa shape index (κ3) is 4.84. The number of piperazine rings is 1. The average molecular weight is 436 g/mol. The first kappa shape index (κ1) is 21.9. The summed E-state index contributed by atoms with van der Waals surface area (Å²) in [5.74, 6) is 0.288. The van der Waals surface area contributed by atoms with Crippen LogP contribution in [0.4, 0.5) is 14.6 Å². The smallest absolute Gasteiger partial charge is 0.353 e. The fraction of sp³-hybridized carbons (Fsp3) is 0.350. The summed E-state index contributed by atoms with van der Waals surface area (Å²) in [6.07, 6.45) is 1.62. The first-order chi connectivity index (χ1) is 14.3. The molecule has 1 fully saturated rings. The summed E-state index contributed by atoms with van der Waals surface area (Å²) >= 11 is 6.28. The molecule has 2 aromatic rings. The van der Waals surface area contributed by atoms with E-state index in [9.17, 15) is 18.8 Å². The highest BCUT2D eigenvalue weighted by Gasteiger charge is 2.23. The van der Waals surface area contributed by atoms with Gasteiger partial charge in [0.2, 0.25) is 0 Å². The zero-order valence-electron chi connectivity index (χ0n) is 16.5. The zero-order chi connectivity index (χ0) is 21.8. The van der Waals surface area contributed by atoms with Crippen molar-refractivity contribution in [3.8, 4) is 17.2 Å². The van der Waals surface area contributed by atoms with Gasteiger partial charge in [0.05, 0.1) is 16.1 Å². The van der Waals surface area contributed by atoms with E-state index in [2.05, 4.69) is 15.9 Å². The van der Waals surface area contributed by atoms with Crippen LogP contribution in [0.15, 0.2) is 30.5 Å². The summed E-state index contributed by atoms with van der Waals surface area (Å²) in [6.45, 7) is -1.50. The molecule has 1 aliphatic rings. The lowest BCUT2D eigenvalue weighted by Crippen LogP contribution is -2.47. The molecule has 1 aliphatic heterocycles. The summed E-state index contributed by atoms with van der Waals surface area (Å²) in [6, 6.07) is 8.90. The summed E-state index contributed by atoms with van der Waals surface area (Å²) < 4.78 is 24.7. The highest BCUT2D eigenvalue weighted by Crippen LogP contribution is 2.29. The molecule has 158 valence electrons. The monoisotopic (exact) mass is 435 g/mol. The van der Waals surface area contributed by atoms with Gasteiger partial charge in [0.25, 0.3) is 5.91 Å². The van der Waals surface area contributed by atoms with E-state index in [1.54, 1.807) is 44.6 Å². The van der Waals surface area contributed by atoms with Gasteiger partial charge in [-0.25, -0.2) is 9.82 Å². The van der Waals surface area contributed by atoms with Gasteiger partial charge in [-0.3, -0.25) is 4.79 Å². The summed E-state index contributed by atoms with van der Waals surface area (Å²) in [5, 5.41) is 11.1. The van der Waals surface area contributed by atoms with Gasteiger partial charge in [-0.05, 0) is 23.8 Å². The highest BCUT2D eigenvalue weighted by molar-refractivity contribution is 6.34. The molecular formula is C20H20ClF2N5O2. The molecule has 0 saturated carbocycles. The molecule has 2 heterocycles. The number of nitrogens with zero attached hydrogens (tertiary/aromatic N) is 5. The molecule has 1 aromatic heterocycles. The number of hydrogen-bond donors (Lipinski definition) is 0. The molecule has 0 N–H and O–H groups in total. The number of benzene rings is 1. The van der Waals surface area contributed by atoms with Crippen LogP contribution in [0.25, 0.3) is 11.1 Å². The van der Waals surface area contributed by atoms with E-state index < -0.39 is 6.61 Å². The van der Waals surface area contributed by atoms with Gasteiger partial charge >= 0.3 is 6.61 Å². The molecule has 0 spiro atoms. The first-order valence-electron chi connectivity index (χ1n) is 9.16. The summed E-state index contributed by atoms with van der Waals surface area (Å²) in [4.78, 5) is 24.3. The number of nitriles is 1. The van der Waals surface area contributed by atoms with Gasteiger partial charge in [0, 0.05) is 52.0 Å². The average Bonchev–Trinajstić information content (AvgIpc) is 2.73. The van der Waals surface area contributed by atoms with Crippen LogP contribution in [0.3, 0.4) is 0 Å². The van der Waals surface area contributed by atoms with Crippen molar-refractivity contribution in [3.05, 3.63) is 46.6 Å². The molecule has 0 bridgehead atoms. The minimum absolute atomic E-state index is 0.201. The Kier molecular flexibility index (Phi) is 6.82. The standard InChI is InChI=1S/C20H20ClF2N5O2/c1-26(2)19(29)16-4-3-13(10-17(16)21)15-9-14(11-24)18(25-12-15)27-5-7-28(8-6-27)30-20(22)23/h3-4,9-10,12,20H,5-8H2,1-2H3. The van der Waals surface area contributed by atoms with E-state index in [0.717, 1.165) is 5.56 Å². The Labute approximate surface area is 178 Å². The maximum Gasteiger partial charge on any atom is 0.360 e. The van der Waals surface area contributed by atoms with E-state index in [1.165, 1.54) is 9.96 Å². The number of alkyl halides is 2. The van der Waals surface area contributed by atoms with Gasteiger partial charge < -0.3 is 9.80 Å². The highest BCUT2D eigenvalue weighted by atomic mass is 35.5. The van der Waals surface area contributed by atoms with Crippen LogP contribution < -0.4 is 4.90 Å². The normalized spacial score (nSPS) is 14.6. The number of hydroxylamine groups is 2. The predicted molar refractivity (Wildman–Crippen MR) is 108 cm³/mol. The number of anilines is 1. The van der Waals surface area contributed by atoms with Crippen LogP contribution in [0.2, 0.25) is 5.02 Å². The molecule has 10 heteroatoms. The Morgan fingerprint density at radius 2 is 1.93 bits per heavy atom. The van der Waals surface area contributed by atoms with E-state index in [4.69, 9.17) is 11.6 Å². The summed E-state index contributed by atoms with van der Waals surface area (Å²) in [5.41, 5.74) is 2.15. The number of rotatable bonds is 5. The number of amides is 1. The Morgan fingerprint density at radius 3 is 2.50 bits per heavy atom. The van der Waals surface area contributed by atoms with Crippen molar-refractivity contribution in [1.82, 2.24) is 14.9 Å². The fourth-order valence-electron chi connectivity index (χ4n) is 3.18. The lowest BCUT2D eigenvalue weighted by Gasteiger charge is -2.34. The van der Waals surface area contributed by atoms with Crippen molar-refractivity contribution in [2.45, 2.75) is 6.61 Å². The van der Waals surface area contributed by atoms with Crippen LogP contribution in [0.5, 0.6) is 0 Å². The second-order valence-electron chi connectivity index (χ2n) is 6.88. The quantitative estimate of drug-likeness (QED) is 0.717. The number of carbonyl (C=O) groups excluding carboxylic acids is 1. The Morgan fingerprint density at radius 1 is 1.23 bits per heavy atom. The molecule has 0 aliphatic carbocycles. The van der Waals surface area contributed by atoms with Crippen molar-refractivity contribution in [1.29, 1.82) is 5.26 Å². The molecule has 0 unspecified atom stereocenters. The van der Waals surface area contributed by atoms with E-state index in [-0.39, 0.29) is 19.0 Å². The van der Waals surface area contributed by atoms with Crippen LogP contribution in [-0.2, 0) is 4.84 Å². The van der Waals surface area contributed by atoms with Gasteiger partial charge in [0.1, 0.15) is 11.9 Å². The van der Waals surface area contributed by atoms with Crippen molar-refractivity contribution in [2.75, 3.05) is 45.2 Å². The molecular weight excluding hydrogens is 416 g/mol. The Hall–Kier alpha value is -2.80. The zero-order valence-corrected chi connectivity index (χ0v) is 17.2. The number of aromatic nitrogens is 1. The molecule has 30 heavy (non-hydrogen) atoms. The van der Waals surface area contributed by atoms with Gasteiger partial charge in [-0.15, -0.1) is 0 Å². The topological polar surface area (TPSA) is 72.7 Å².